The highest BCUT2D eigenvalue weighted by molar-refractivity contribution is 6.08. The molecule has 0 aliphatic rings. The first-order valence-corrected chi connectivity index (χ1v) is 10.4. The molecule has 0 unspecified atom stereocenters. The van der Waals surface area contributed by atoms with E-state index in [0.717, 1.165) is 36.5 Å². The fraction of sp³-hybridized carbons (Fsp3) is 0.120. The largest absolute Gasteiger partial charge is 0.506 e. The van der Waals surface area contributed by atoms with Crippen LogP contribution in [0.25, 0.3) is 0 Å². The first-order valence-electron chi connectivity index (χ1n) is 10.4. The van der Waals surface area contributed by atoms with E-state index < -0.39 is 58.6 Å². The summed E-state index contributed by atoms with van der Waals surface area (Å²) >= 11 is 0. The van der Waals surface area contributed by atoms with Crippen LogP contribution in [0.15, 0.2) is 54.7 Å². The summed E-state index contributed by atoms with van der Waals surface area (Å²) in [5, 5.41) is 18.6. The number of hydrogen-bond donors (Lipinski definition) is 4. The number of rotatable bonds is 5. The van der Waals surface area contributed by atoms with Crippen molar-refractivity contribution in [3.05, 3.63) is 88.1 Å². The Balaban J connectivity index is 2.03. The Kier molecular flexibility index (Phi) is 7.76. The summed E-state index contributed by atoms with van der Waals surface area (Å²) in [6, 6.07) is 6.89. The topological polar surface area (TPSA) is 129 Å². The number of carbonyl (C=O) groups excluding carboxylic acids is 2. The molecule has 2 aromatic carbocycles. The Morgan fingerprint density at radius 1 is 0.947 bits per heavy atom. The minimum absolute atomic E-state index is 0.143. The van der Waals surface area contributed by atoms with E-state index in [9.17, 15) is 41.0 Å². The number of hydrogen-bond acceptors (Lipinski definition) is 5. The van der Waals surface area contributed by atoms with Crippen molar-refractivity contribution in [2.24, 2.45) is 5.73 Å². The summed E-state index contributed by atoms with van der Waals surface area (Å²) < 4.78 is 80.6. The highest BCUT2D eigenvalue weighted by Crippen LogP contribution is 2.33. The van der Waals surface area contributed by atoms with Crippen molar-refractivity contribution in [1.29, 1.82) is 5.41 Å². The minimum Gasteiger partial charge on any atom is -0.506 e. The van der Waals surface area contributed by atoms with Gasteiger partial charge in [0.15, 0.2) is 5.78 Å². The Morgan fingerprint density at radius 3 is 2.21 bits per heavy atom. The quantitative estimate of drug-likeness (QED) is 0.121. The molecule has 0 bridgehead atoms. The zero-order chi connectivity index (χ0) is 28.3. The normalized spacial score (nSPS) is 11.3. The maximum atomic E-state index is 13.5. The second-order valence-corrected chi connectivity index (χ2v) is 7.79. The summed E-state index contributed by atoms with van der Waals surface area (Å²) in [7, 11) is 0. The van der Waals surface area contributed by atoms with Gasteiger partial charge in [-0.25, -0.2) is 4.98 Å². The number of aromatic nitrogens is 1. The number of carbonyl (C=O) groups is 2. The van der Waals surface area contributed by atoms with Gasteiger partial charge in [-0.05, 0) is 48.5 Å². The highest BCUT2D eigenvalue weighted by Gasteiger charge is 2.35. The number of anilines is 1. The molecule has 1 amide bonds. The molecule has 3 aromatic rings. The predicted octanol–water partition coefficient (Wildman–Crippen LogP) is 4.99. The summed E-state index contributed by atoms with van der Waals surface area (Å²) in [6.07, 6.45) is -9.42. The summed E-state index contributed by atoms with van der Waals surface area (Å²) in [6.45, 7) is 0. The van der Waals surface area contributed by atoms with E-state index >= 15 is 0 Å². The monoisotopic (exact) mass is 534 g/mol. The van der Waals surface area contributed by atoms with Gasteiger partial charge in [0.05, 0.1) is 35.1 Å². The van der Waals surface area contributed by atoms with Gasteiger partial charge in [0.2, 0.25) is 0 Å². The summed E-state index contributed by atoms with van der Waals surface area (Å²) in [5.41, 5.74) is 0.978. The molecule has 38 heavy (non-hydrogen) atoms. The molecule has 7 nitrogen and oxygen atoms in total. The van der Waals surface area contributed by atoms with Crippen LogP contribution in [0.2, 0.25) is 0 Å². The van der Waals surface area contributed by atoms with Gasteiger partial charge in [-0.3, -0.25) is 15.0 Å². The van der Waals surface area contributed by atoms with E-state index in [1.807, 2.05) is 0 Å². The lowest BCUT2D eigenvalue weighted by atomic mass is 10.00. The molecule has 1 heterocycles. The zero-order valence-electron chi connectivity index (χ0n) is 19.0. The van der Waals surface area contributed by atoms with E-state index in [1.165, 1.54) is 0 Å². The number of alkyl halides is 6. The number of Topliss-reactive ketones (excluding diaryl/α,β-unsaturated/α-hetero) is 1. The second kappa shape index (κ2) is 10.6. The summed E-state index contributed by atoms with van der Waals surface area (Å²) in [4.78, 5) is 28.4. The number of aromatic hydroxyl groups is 1. The van der Waals surface area contributed by atoms with E-state index in [2.05, 4.69) is 22.1 Å². The standard InChI is InChI=1S/C25H16F6N4O3/c26-24(27,28)16-8-14(7-15(10-16)20(37)11-21(32)33)2-1-13-3-5-19(25(29,30)31)18(9-13)23(38)35-22-6-4-17(36)12-34-22/h3-10,12,36H,11H2,(H3,32,33)(H,34,35,38). The van der Waals surface area contributed by atoms with Gasteiger partial charge < -0.3 is 16.2 Å². The van der Waals surface area contributed by atoms with Gasteiger partial charge in [-0.2, -0.15) is 26.3 Å². The van der Waals surface area contributed by atoms with Gasteiger partial charge in [0.25, 0.3) is 5.91 Å². The number of nitrogens with one attached hydrogen (secondary N) is 2. The van der Waals surface area contributed by atoms with Gasteiger partial charge in [0, 0.05) is 16.7 Å². The number of amidine groups is 1. The summed E-state index contributed by atoms with van der Waals surface area (Å²) in [5.74, 6) is 1.76. The fourth-order valence-corrected chi connectivity index (χ4v) is 3.14. The average molecular weight is 534 g/mol. The molecule has 0 spiro atoms. The molecule has 0 fully saturated rings. The van der Waals surface area contributed by atoms with Crippen LogP contribution >= 0.6 is 0 Å². The Morgan fingerprint density at radius 2 is 1.63 bits per heavy atom. The third kappa shape index (κ3) is 7.10. The molecule has 5 N–H and O–H groups in total. The van der Waals surface area contributed by atoms with Crippen molar-refractivity contribution in [1.82, 2.24) is 4.98 Å². The maximum absolute atomic E-state index is 13.5. The van der Waals surface area contributed by atoms with E-state index in [-0.39, 0.29) is 22.7 Å². The van der Waals surface area contributed by atoms with E-state index in [0.29, 0.717) is 18.2 Å². The number of halogens is 6. The second-order valence-electron chi connectivity index (χ2n) is 7.79. The average Bonchev–Trinajstić information content (AvgIpc) is 2.82. The van der Waals surface area contributed by atoms with E-state index in [1.54, 1.807) is 0 Å². The Hall–Kier alpha value is -4.86. The maximum Gasteiger partial charge on any atom is 0.417 e. The van der Waals surface area contributed by atoms with Gasteiger partial charge in [-0.1, -0.05) is 11.8 Å². The molecule has 196 valence electrons. The molecule has 0 aliphatic carbocycles. The number of benzene rings is 2. The van der Waals surface area contributed by atoms with Crippen molar-refractivity contribution >= 4 is 23.3 Å². The molecule has 0 aliphatic heterocycles. The lowest BCUT2D eigenvalue weighted by Crippen LogP contribution is -2.19. The SMILES string of the molecule is N=C(N)CC(=O)c1cc(C#Cc2ccc(C(F)(F)F)c(C(=O)Nc3ccc(O)cn3)c2)cc(C(F)(F)F)c1. The number of pyridine rings is 1. The molecule has 3 rings (SSSR count). The minimum atomic E-state index is -4.92. The molecule has 13 heteroatoms. The molecule has 0 saturated carbocycles. The van der Waals surface area contributed by atoms with Crippen LogP contribution in [0.5, 0.6) is 5.75 Å². The zero-order valence-corrected chi connectivity index (χ0v) is 19.0. The van der Waals surface area contributed by atoms with Crippen LogP contribution in [0.3, 0.4) is 0 Å². The van der Waals surface area contributed by atoms with Crippen LogP contribution in [0.1, 0.15) is 49.4 Å². The van der Waals surface area contributed by atoms with Crippen molar-refractivity contribution in [2.45, 2.75) is 18.8 Å². The lowest BCUT2D eigenvalue weighted by Gasteiger charge is -2.13. The molecule has 1 aromatic heterocycles. The smallest absolute Gasteiger partial charge is 0.417 e. The van der Waals surface area contributed by atoms with Crippen molar-refractivity contribution in [3.8, 4) is 17.6 Å². The van der Waals surface area contributed by atoms with Gasteiger partial charge in [-0.15, -0.1) is 0 Å². The third-order valence-electron chi connectivity index (χ3n) is 4.84. The van der Waals surface area contributed by atoms with Crippen molar-refractivity contribution in [3.63, 3.8) is 0 Å². The first kappa shape index (κ1) is 27.7. The fourth-order valence-electron chi connectivity index (χ4n) is 3.14. The van der Waals surface area contributed by atoms with Crippen LogP contribution in [0, 0.1) is 17.3 Å². The molecule has 0 radical (unpaired) electrons. The molecule has 0 saturated heterocycles. The van der Waals surface area contributed by atoms with Crippen LogP contribution in [0.4, 0.5) is 32.2 Å². The van der Waals surface area contributed by atoms with E-state index in [4.69, 9.17) is 11.1 Å². The lowest BCUT2D eigenvalue weighted by molar-refractivity contribution is -0.138. The Bertz CT molecular complexity index is 1470. The van der Waals surface area contributed by atoms with Crippen LogP contribution in [-0.4, -0.2) is 27.6 Å². The molecule has 0 atom stereocenters. The third-order valence-corrected chi connectivity index (χ3v) is 4.84. The Labute approximate surface area is 210 Å². The van der Waals surface area contributed by atoms with Crippen LogP contribution in [-0.2, 0) is 12.4 Å². The first-order chi connectivity index (χ1) is 17.6. The number of ketones is 1. The predicted molar refractivity (Wildman–Crippen MR) is 124 cm³/mol. The number of nitrogens with two attached hydrogens (primary N) is 1. The molecular weight excluding hydrogens is 518 g/mol. The number of nitrogens with zero attached hydrogens (tertiary/aromatic N) is 1. The van der Waals surface area contributed by atoms with Crippen molar-refractivity contribution in [2.75, 3.05) is 5.32 Å². The number of amides is 1. The highest BCUT2D eigenvalue weighted by atomic mass is 19.4. The molecular formula is C25H16F6N4O3. The van der Waals surface area contributed by atoms with Crippen molar-refractivity contribution < 1.29 is 41.0 Å². The van der Waals surface area contributed by atoms with Gasteiger partial charge in [0.1, 0.15) is 11.6 Å². The van der Waals surface area contributed by atoms with Gasteiger partial charge >= 0.3 is 12.4 Å². The van der Waals surface area contributed by atoms with Crippen LogP contribution < -0.4 is 11.1 Å².